The van der Waals surface area contributed by atoms with E-state index in [1.54, 1.807) is 19.1 Å². The van der Waals surface area contributed by atoms with Gasteiger partial charge >= 0.3 is 5.69 Å². The molecule has 0 aliphatic heterocycles. The zero-order valence-corrected chi connectivity index (χ0v) is 15.1. The molecule has 2 heterocycles. The van der Waals surface area contributed by atoms with E-state index < -0.39 is 16.9 Å². The average molecular weight is 380 g/mol. The number of nitrogens with one attached hydrogen (secondary N) is 1. The van der Waals surface area contributed by atoms with Gasteiger partial charge in [0.15, 0.2) is 0 Å². The Morgan fingerprint density at radius 3 is 2.79 bits per heavy atom. The summed E-state index contributed by atoms with van der Waals surface area (Å²) < 4.78 is 12.5. The number of methoxy groups -OCH3 is 1. The van der Waals surface area contributed by atoms with Gasteiger partial charge in [-0.3, -0.25) is 19.6 Å². The molecule has 0 saturated carbocycles. The summed E-state index contributed by atoms with van der Waals surface area (Å²) in [7, 11) is 1.51. The van der Waals surface area contributed by atoms with Crippen molar-refractivity contribution in [1.29, 1.82) is 0 Å². The summed E-state index contributed by atoms with van der Waals surface area (Å²) in [6, 6.07) is 10.4. The maximum absolute atomic E-state index is 12.6. The molecule has 0 aliphatic rings. The Kier molecular flexibility index (Phi) is 4.19. The molecule has 0 saturated heterocycles. The molecule has 1 amide bonds. The standard InChI is InChI=1S/C19H16N4O5/c1-11(22-10-12(9-20-22)23(25)26)19(24)21-15-8-17-14(7-18(15)27-2)13-5-3-4-6-16(13)28-17/h3-11H,1-2H3,(H,21,24)/t11-/m0/s1. The minimum absolute atomic E-state index is 0.180. The van der Waals surface area contributed by atoms with Crippen LogP contribution in [0.4, 0.5) is 11.4 Å². The van der Waals surface area contributed by atoms with Crippen molar-refractivity contribution in [2.75, 3.05) is 12.4 Å². The molecule has 9 nitrogen and oxygen atoms in total. The van der Waals surface area contributed by atoms with Crippen molar-refractivity contribution in [1.82, 2.24) is 9.78 Å². The molecule has 0 spiro atoms. The summed E-state index contributed by atoms with van der Waals surface area (Å²) in [5, 5.41) is 19.3. The molecule has 4 aromatic rings. The van der Waals surface area contributed by atoms with Gasteiger partial charge in [0, 0.05) is 16.8 Å². The van der Waals surface area contributed by atoms with Crippen LogP contribution in [0, 0.1) is 10.1 Å². The van der Waals surface area contributed by atoms with Crippen LogP contribution in [0.25, 0.3) is 21.9 Å². The van der Waals surface area contributed by atoms with Gasteiger partial charge in [-0.15, -0.1) is 0 Å². The summed E-state index contributed by atoms with van der Waals surface area (Å²) in [5.41, 5.74) is 1.61. The quantitative estimate of drug-likeness (QED) is 0.415. The number of carbonyl (C=O) groups excluding carboxylic acids is 1. The molecular formula is C19H16N4O5. The van der Waals surface area contributed by atoms with Crippen LogP contribution in [-0.4, -0.2) is 27.7 Å². The number of para-hydroxylation sites is 1. The van der Waals surface area contributed by atoms with Gasteiger partial charge in [-0.1, -0.05) is 18.2 Å². The number of nitrogens with zero attached hydrogens (tertiary/aromatic N) is 3. The first kappa shape index (κ1) is 17.5. The maximum atomic E-state index is 12.6. The highest BCUT2D eigenvalue weighted by Gasteiger charge is 2.21. The van der Waals surface area contributed by atoms with Gasteiger partial charge in [0.25, 0.3) is 0 Å². The molecule has 2 aromatic heterocycles. The number of furan rings is 1. The summed E-state index contributed by atoms with van der Waals surface area (Å²) in [4.78, 5) is 22.9. The van der Waals surface area contributed by atoms with Crippen LogP contribution < -0.4 is 10.1 Å². The van der Waals surface area contributed by atoms with Gasteiger partial charge < -0.3 is 14.5 Å². The summed E-state index contributed by atoms with van der Waals surface area (Å²) in [5.74, 6) is 0.0813. The van der Waals surface area contributed by atoms with Gasteiger partial charge in [-0.25, -0.2) is 0 Å². The summed E-state index contributed by atoms with van der Waals surface area (Å²) in [6.07, 6.45) is 2.31. The Hall–Kier alpha value is -3.88. The third-order valence-electron chi connectivity index (χ3n) is 4.53. The SMILES string of the molecule is COc1cc2c(cc1NC(=O)[C@H](C)n1cc([N+](=O)[O-])cn1)oc1ccccc12. The molecule has 4 rings (SSSR count). The number of hydrogen-bond acceptors (Lipinski definition) is 6. The maximum Gasteiger partial charge on any atom is 0.307 e. The number of anilines is 1. The molecule has 1 N–H and O–H groups in total. The number of hydrogen-bond donors (Lipinski definition) is 1. The second-order valence-corrected chi connectivity index (χ2v) is 6.25. The molecule has 142 valence electrons. The smallest absolute Gasteiger partial charge is 0.307 e. The molecule has 1 atom stereocenters. The largest absolute Gasteiger partial charge is 0.495 e. The highest BCUT2D eigenvalue weighted by atomic mass is 16.6. The van der Waals surface area contributed by atoms with Crippen molar-refractivity contribution < 1.29 is 18.9 Å². The van der Waals surface area contributed by atoms with Crippen LogP contribution in [0.3, 0.4) is 0 Å². The van der Waals surface area contributed by atoms with Crippen LogP contribution >= 0.6 is 0 Å². The molecule has 0 unspecified atom stereocenters. The van der Waals surface area contributed by atoms with Gasteiger partial charge in [-0.05, 0) is 19.1 Å². The monoisotopic (exact) mass is 380 g/mol. The van der Waals surface area contributed by atoms with Crippen LogP contribution in [0.1, 0.15) is 13.0 Å². The van der Waals surface area contributed by atoms with E-state index in [1.165, 1.54) is 18.0 Å². The lowest BCUT2D eigenvalue weighted by Crippen LogP contribution is -2.24. The third kappa shape index (κ3) is 2.92. The Labute approximate surface area is 158 Å². The first-order valence-electron chi connectivity index (χ1n) is 8.46. The fraction of sp³-hybridized carbons (Fsp3) is 0.158. The Morgan fingerprint density at radius 2 is 2.07 bits per heavy atom. The van der Waals surface area contributed by atoms with E-state index in [4.69, 9.17) is 9.15 Å². The molecule has 28 heavy (non-hydrogen) atoms. The second kappa shape index (κ2) is 6.69. The highest BCUT2D eigenvalue weighted by molar-refractivity contribution is 6.08. The number of rotatable bonds is 5. The first-order valence-corrected chi connectivity index (χ1v) is 8.46. The third-order valence-corrected chi connectivity index (χ3v) is 4.53. The van der Waals surface area contributed by atoms with E-state index in [-0.39, 0.29) is 5.69 Å². The summed E-state index contributed by atoms with van der Waals surface area (Å²) in [6.45, 7) is 1.60. The van der Waals surface area contributed by atoms with Gasteiger partial charge in [0.1, 0.15) is 35.4 Å². The molecule has 0 radical (unpaired) electrons. The lowest BCUT2D eigenvalue weighted by Gasteiger charge is -2.14. The van der Waals surface area contributed by atoms with Crippen molar-refractivity contribution >= 4 is 39.2 Å². The van der Waals surface area contributed by atoms with Crippen LogP contribution in [0.2, 0.25) is 0 Å². The predicted octanol–water partition coefficient (Wildman–Crippen LogP) is 3.90. The molecule has 2 aromatic carbocycles. The lowest BCUT2D eigenvalue weighted by molar-refractivity contribution is -0.385. The zero-order chi connectivity index (χ0) is 19.8. The molecule has 9 heteroatoms. The fourth-order valence-electron chi connectivity index (χ4n) is 3.01. The van der Waals surface area contributed by atoms with Crippen LogP contribution in [0.5, 0.6) is 5.75 Å². The molecular weight excluding hydrogens is 364 g/mol. The van der Waals surface area contributed by atoms with E-state index >= 15 is 0 Å². The average Bonchev–Trinajstić information content (AvgIpc) is 3.31. The minimum atomic E-state index is -0.759. The van der Waals surface area contributed by atoms with Crippen molar-refractivity contribution in [2.24, 2.45) is 0 Å². The number of nitro groups is 1. The first-order chi connectivity index (χ1) is 13.5. The van der Waals surface area contributed by atoms with Crippen molar-refractivity contribution in [3.8, 4) is 5.75 Å². The fourth-order valence-corrected chi connectivity index (χ4v) is 3.01. The molecule has 0 aliphatic carbocycles. The van der Waals surface area contributed by atoms with Crippen LogP contribution in [-0.2, 0) is 4.79 Å². The normalized spacial score (nSPS) is 12.2. The van der Waals surface area contributed by atoms with Gasteiger partial charge in [-0.2, -0.15) is 5.10 Å². The van der Waals surface area contributed by atoms with E-state index in [9.17, 15) is 14.9 Å². The number of aromatic nitrogens is 2. The van der Waals surface area contributed by atoms with E-state index in [0.717, 1.165) is 22.6 Å². The zero-order valence-electron chi connectivity index (χ0n) is 15.1. The number of benzene rings is 2. The Bertz CT molecular complexity index is 1210. The van der Waals surface area contributed by atoms with Gasteiger partial charge in [0.2, 0.25) is 5.91 Å². The molecule has 0 bridgehead atoms. The number of fused-ring (bicyclic) bond motifs is 3. The Morgan fingerprint density at radius 1 is 1.29 bits per heavy atom. The Balaban J connectivity index is 1.66. The van der Waals surface area contributed by atoms with Crippen molar-refractivity contribution in [2.45, 2.75) is 13.0 Å². The van der Waals surface area contributed by atoms with Crippen LogP contribution in [0.15, 0.2) is 53.2 Å². The summed E-state index contributed by atoms with van der Waals surface area (Å²) >= 11 is 0. The topological polar surface area (TPSA) is 112 Å². The number of amides is 1. The number of carbonyl (C=O) groups is 1. The molecule has 0 fully saturated rings. The lowest BCUT2D eigenvalue weighted by atomic mass is 10.1. The highest BCUT2D eigenvalue weighted by Crippen LogP contribution is 2.36. The minimum Gasteiger partial charge on any atom is -0.495 e. The van der Waals surface area contributed by atoms with Crippen molar-refractivity contribution in [3.63, 3.8) is 0 Å². The van der Waals surface area contributed by atoms with E-state index in [0.29, 0.717) is 17.0 Å². The second-order valence-electron chi connectivity index (χ2n) is 6.25. The van der Waals surface area contributed by atoms with E-state index in [2.05, 4.69) is 10.4 Å². The van der Waals surface area contributed by atoms with E-state index in [1.807, 2.05) is 24.3 Å². The number of ether oxygens (including phenoxy) is 1. The predicted molar refractivity (Wildman–Crippen MR) is 102 cm³/mol. The van der Waals surface area contributed by atoms with Gasteiger partial charge in [0.05, 0.1) is 17.7 Å². The van der Waals surface area contributed by atoms with Crippen molar-refractivity contribution in [3.05, 3.63) is 58.9 Å².